The molecule has 10 nitrogen and oxygen atoms in total. The van der Waals surface area contributed by atoms with E-state index in [9.17, 15) is 14.7 Å². The smallest absolute Gasteiger partial charge is 0.246 e. The SMILES string of the molecule is C[C@@H](CO)n1cc(C(=O)c2cncc(NC(=O)Cn3cc4ccccc4n3)c2)c2cncnc21. The highest BCUT2D eigenvalue weighted by Gasteiger charge is 2.20. The fourth-order valence-corrected chi connectivity index (χ4v) is 3.83. The second-order valence-electron chi connectivity index (χ2n) is 7.97. The zero-order valence-electron chi connectivity index (χ0n) is 18.3. The normalized spacial score (nSPS) is 12.2. The van der Waals surface area contributed by atoms with Crippen LogP contribution in [0.25, 0.3) is 21.9 Å². The number of amides is 1. The number of aliphatic hydroxyl groups is 1. The molecule has 0 radical (unpaired) electrons. The number of hydrogen-bond acceptors (Lipinski definition) is 7. The number of hydrogen-bond donors (Lipinski definition) is 2. The van der Waals surface area contributed by atoms with Gasteiger partial charge < -0.3 is 15.0 Å². The number of carbonyl (C=O) groups excluding carboxylic acids is 2. The molecule has 34 heavy (non-hydrogen) atoms. The number of nitrogens with one attached hydrogen (secondary N) is 1. The highest BCUT2D eigenvalue weighted by Crippen LogP contribution is 2.25. The van der Waals surface area contributed by atoms with E-state index >= 15 is 0 Å². The Labute approximate surface area is 193 Å². The van der Waals surface area contributed by atoms with Crippen LogP contribution in [0.5, 0.6) is 0 Å². The fraction of sp³-hybridized carbons (Fsp3) is 0.167. The Hall–Kier alpha value is -4.44. The van der Waals surface area contributed by atoms with Gasteiger partial charge in [-0.25, -0.2) is 9.97 Å². The monoisotopic (exact) mass is 455 g/mol. The zero-order valence-corrected chi connectivity index (χ0v) is 18.3. The largest absolute Gasteiger partial charge is 0.394 e. The standard InChI is InChI=1S/C24H21N7O3/c1-15(13-32)31-11-20(19-9-26-14-27-24(19)31)23(34)17-6-18(8-25-7-17)28-22(33)12-30-10-16-4-2-3-5-21(16)29-30/h2-11,14-15,32H,12-13H2,1H3,(H,28,33)/t15-/m0/s1. The molecule has 0 saturated carbocycles. The molecule has 4 heterocycles. The molecule has 1 amide bonds. The molecule has 0 spiro atoms. The van der Waals surface area contributed by atoms with Crippen molar-refractivity contribution in [3.05, 3.63) is 78.8 Å². The van der Waals surface area contributed by atoms with Gasteiger partial charge in [0.15, 0.2) is 5.78 Å². The summed E-state index contributed by atoms with van der Waals surface area (Å²) in [6.45, 7) is 1.75. The average Bonchev–Trinajstić information content (AvgIpc) is 3.44. The molecular formula is C24H21N7O3. The van der Waals surface area contributed by atoms with E-state index in [1.54, 1.807) is 33.9 Å². The van der Waals surface area contributed by atoms with E-state index in [0.29, 0.717) is 27.8 Å². The number of anilines is 1. The number of ketones is 1. The number of fused-ring (bicyclic) bond motifs is 2. The first kappa shape index (κ1) is 21.4. The molecule has 5 rings (SSSR count). The van der Waals surface area contributed by atoms with Crippen LogP contribution in [0.15, 0.2) is 67.6 Å². The fourth-order valence-electron chi connectivity index (χ4n) is 3.83. The van der Waals surface area contributed by atoms with Crippen LogP contribution in [0.2, 0.25) is 0 Å². The molecule has 2 N–H and O–H groups in total. The van der Waals surface area contributed by atoms with E-state index in [-0.39, 0.29) is 30.9 Å². The summed E-state index contributed by atoms with van der Waals surface area (Å²) in [5.41, 5.74) is 2.47. The van der Waals surface area contributed by atoms with Gasteiger partial charge in [0.1, 0.15) is 18.5 Å². The molecule has 1 atom stereocenters. The van der Waals surface area contributed by atoms with E-state index in [1.807, 2.05) is 31.2 Å². The lowest BCUT2D eigenvalue weighted by Crippen LogP contribution is -2.19. The molecule has 0 unspecified atom stereocenters. The minimum Gasteiger partial charge on any atom is -0.394 e. The molecule has 4 aromatic heterocycles. The lowest BCUT2D eigenvalue weighted by Gasteiger charge is -2.10. The Bertz CT molecular complexity index is 1490. The summed E-state index contributed by atoms with van der Waals surface area (Å²) in [4.78, 5) is 38.3. The first-order chi connectivity index (χ1) is 16.5. The van der Waals surface area contributed by atoms with E-state index in [1.165, 1.54) is 18.7 Å². The Balaban J connectivity index is 1.37. The van der Waals surface area contributed by atoms with Crippen molar-refractivity contribution >= 4 is 39.3 Å². The minimum atomic E-state index is -0.291. The molecule has 0 fully saturated rings. The van der Waals surface area contributed by atoms with Gasteiger partial charge in [0, 0.05) is 41.1 Å². The van der Waals surface area contributed by atoms with Crippen molar-refractivity contribution in [1.29, 1.82) is 0 Å². The van der Waals surface area contributed by atoms with Gasteiger partial charge in [-0.2, -0.15) is 5.10 Å². The van der Waals surface area contributed by atoms with Crippen LogP contribution in [0.1, 0.15) is 28.9 Å². The number of pyridine rings is 1. The predicted octanol–water partition coefficient (Wildman–Crippen LogP) is 2.60. The molecule has 0 aliphatic heterocycles. The van der Waals surface area contributed by atoms with Gasteiger partial charge in [0.2, 0.25) is 5.91 Å². The van der Waals surface area contributed by atoms with Crippen LogP contribution in [-0.2, 0) is 11.3 Å². The third kappa shape index (κ3) is 4.02. The van der Waals surface area contributed by atoms with Crippen LogP contribution in [0.4, 0.5) is 5.69 Å². The number of aromatic nitrogens is 6. The van der Waals surface area contributed by atoms with Crippen molar-refractivity contribution in [3.63, 3.8) is 0 Å². The molecule has 0 bridgehead atoms. The van der Waals surface area contributed by atoms with Gasteiger partial charge in [0.25, 0.3) is 0 Å². The first-order valence-electron chi connectivity index (χ1n) is 10.7. The molecule has 10 heteroatoms. The third-order valence-corrected chi connectivity index (χ3v) is 5.53. The van der Waals surface area contributed by atoms with E-state index in [2.05, 4.69) is 25.4 Å². The number of benzene rings is 1. The molecule has 1 aromatic carbocycles. The van der Waals surface area contributed by atoms with Gasteiger partial charge in [-0.15, -0.1) is 0 Å². The molecular weight excluding hydrogens is 434 g/mol. The topological polar surface area (TPSA) is 128 Å². The molecule has 0 saturated heterocycles. The molecule has 5 aromatic rings. The van der Waals surface area contributed by atoms with Crippen molar-refractivity contribution in [1.82, 2.24) is 29.3 Å². The summed E-state index contributed by atoms with van der Waals surface area (Å²) in [6.07, 6.45) is 9.37. The van der Waals surface area contributed by atoms with Gasteiger partial charge in [-0.05, 0) is 19.1 Å². The number of aliphatic hydroxyl groups excluding tert-OH is 1. The van der Waals surface area contributed by atoms with Gasteiger partial charge in [-0.1, -0.05) is 18.2 Å². The highest BCUT2D eigenvalue weighted by molar-refractivity contribution is 6.16. The maximum absolute atomic E-state index is 13.3. The summed E-state index contributed by atoms with van der Waals surface area (Å²) in [6, 6.07) is 8.93. The van der Waals surface area contributed by atoms with Crippen molar-refractivity contribution in [3.8, 4) is 0 Å². The Morgan fingerprint density at radius 3 is 2.79 bits per heavy atom. The lowest BCUT2D eigenvalue weighted by molar-refractivity contribution is -0.116. The summed E-state index contributed by atoms with van der Waals surface area (Å²) >= 11 is 0. The summed E-state index contributed by atoms with van der Waals surface area (Å²) < 4.78 is 3.32. The maximum atomic E-state index is 13.3. The second kappa shape index (κ2) is 8.83. The zero-order chi connectivity index (χ0) is 23.7. The minimum absolute atomic E-state index is 0.0245. The van der Waals surface area contributed by atoms with Gasteiger partial charge in [-0.3, -0.25) is 19.3 Å². The van der Waals surface area contributed by atoms with Crippen LogP contribution in [-0.4, -0.2) is 52.7 Å². The van der Waals surface area contributed by atoms with E-state index in [0.717, 1.165) is 10.9 Å². The Kier molecular flexibility index (Phi) is 5.56. The quantitative estimate of drug-likeness (QED) is 0.361. The van der Waals surface area contributed by atoms with Crippen LogP contribution >= 0.6 is 0 Å². The summed E-state index contributed by atoms with van der Waals surface area (Å²) in [7, 11) is 0. The van der Waals surface area contributed by atoms with Crippen molar-refractivity contribution < 1.29 is 14.7 Å². The third-order valence-electron chi connectivity index (χ3n) is 5.53. The van der Waals surface area contributed by atoms with Crippen LogP contribution in [0.3, 0.4) is 0 Å². The average molecular weight is 455 g/mol. The van der Waals surface area contributed by atoms with Crippen LogP contribution < -0.4 is 5.32 Å². The number of carbonyl (C=O) groups is 2. The number of nitrogens with zero attached hydrogens (tertiary/aromatic N) is 6. The summed E-state index contributed by atoms with van der Waals surface area (Å²) in [5, 5.41) is 18.3. The lowest BCUT2D eigenvalue weighted by atomic mass is 10.1. The predicted molar refractivity (Wildman–Crippen MR) is 125 cm³/mol. The Morgan fingerprint density at radius 2 is 1.97 bits per heavy atom. The van der Waals surface area contributed by atoms with E-state index < -0.39 is 0 Å². The first-order valence-corrected chi connectivity index (χ1v) is 10.7. The molecule has 170 valence electrons. The van der Waals surface area contributed by atoms with Gasteiger partial charge >= 0.3 is 0 Å². The number of rotatable bonds is 7. The Morgan fingerprint density at radius 1 is 1.12 bits per heavy atom. The molecule has 0 aliphatic carbocycles. The van der Waals surface area contributed by atoms with E-state index in [4.69, 9.17) is 0 Å². The maximum Gasteiger partial charge on any atom is 0.246 e. The van der Waals surface area contributed by atoms with Crippen molar-refractivity contribution in [2.75, 3.05) is 11.9 Å². The van der Waals surface area contributed by atoms with Crippen molar-refractivity contribution in [2.45, 2.75) is 19.5 Å². The van der Waals surface area contributed by atoms with Gasteiger partial charge in [0.05, 0.1) is 35.6 Å². The second-order valence-corrected chi connectivity index (χ2v) is 7.97. The van der Waals surface area contributed by atoms with Crippen LogP contribution in [0, 0.1) is 0 Å². The highest BCUT2D eigenvalue weighted by atomic mass is 16.3. The molecule has 0 aliphatic rings. The summed E-state index contributed by atoms with van der Waals surface area (Å²) in [5.74, 6) is -0.577. The van der Waals surface area contributed by atoms with Crippen molar-refractivity contribution in [2.24, 2.45) is 0 Å².